The number of benzene rings is 2. The van der Waals surface area contributed by atoms with Crippen molar-refractivity contribution >= 4 is 17.9 Å². The summed E-state index contributed by atoms with van der Waals surface area (Å²) in [6.45, 7) is 0.104. The number of hydrogen-bond acceptors (Lipinski definition) is 6. The molecular weight excluding hydrogens is 360 g/mol. The van der Waals surface area contributed by atoms with Crippen LogP contribution in [0.1, 0.15) is 24.0 Å². The second-order valence-corrected chi connectivity index (χ2v) is 6.83. The smallest absolute Gasteiger partial charge is 0.323 e. The van der Waals surface area contributed by atoms with Crippen LogP contribution in [0.5, 0.6) is 0 Å². The van der Waals surface area contributed by atoms with E-state index in [0.29, 0.717) is 0 Å². The Morgan fingerprint density at radius 3 is 1.64 bits per heavy atom. The second-order valence-electron chi connectivity index (χ2n) is 6.83. The minimum Gasteiger partial charge on any atom is -0.469 e. The monoisotopic (exact) mass is 382 g/mol. The van der Waals surface area contributed by atoms with Gasteiger partial charge in [0.2, 0.25) is 0 Å². The van der Waals surface area contributed by atoms with Crippen LogP contribution < -0.4 is 0 Å². The molecular formula is C22H22O6. The minimum absolute atomic E-state index is 0.0287. The van der Waals surface area contributed by atoms with Crippen LogP contribution in [0, 0.1) is 11.3 Å². The van der Waals surface area contributed by atoms with Crippen LogP contribution in [0.4, 0.5) is 0 Å². The van der Waals surface area contributed by atoms with Gasteiger partial charge in [0, 0.05) is 0 Å². The molecule has 0 N–H and O–H groups in total. The molecule has 0 bridgehead atoms. The molecule has 0 saturated heterocycles. The van der Waals surface area contributed by atoms with Crippen molar-refractivity contribution in [3.8, 4) is 0 Å². The van der Waals surface area contributed by atoms with E-state index in [1.807, 2.05) is 60.7 Å². The van der Waals surface area contributed by atoms with E-state index in [-0.39, 0.29) is 26.1 Å². The number of carbonyl (C=O) groups excluding carboxylic acids is 3. The molecule has 6 nitrogen and oxygen atoms in total. The lowest BCUT2D eigenvalue weighted by Gasteiger charge is -2.41. The second kappa shape index (κ2) is 8.69. The summed E-state index contributed by atoms with van der Waals surface area (Å²) in [6, 6.07) is 18.4. The molecule has 0 unspecified atom stereocenters. The summed E-state index contributed by atoms with van der Waals surface area (Å²) in [6.07, 6.45) is 0.0574. The number of carbonyl (C=O) groups is 3. The normalized spacial score (nSPS) is 15.2. The summed E-state index contributed by atoms with van der Waals surface area (Å²) in [5.74, 6) is -2.30. The van der Waals surface area contributed by atoms with Crippen molar-refractivity contribution in [1.82, 2.24) is 0 Å². The fourth-order valence-electron chi connectivity index (χ4n) is 3.25. The summed E-state index contributed by atoms with van der Waals surface area (Å²) in [5, 5.41) is 0. The van der Waals surface area contributed by atoms with Crippen LogP contribution >= 0.6 is 0 Å². The van der Waals surface area contributed by atoms with Gasteiger partial charge in [0.25, 0.3) is 0 Å². The topological polar surface area (TPSA) is 78.9 Å². The third kappa shape index (κ3) is 4.22. The maximum atomic E-state index is 12.8. The Kier molecular flexibility index (Phi) is 6.09. The molecule has 1 fully saturated rings. The van der Waals surface area contributed by atoms with Gasteiger partial charge in [-0.05, 0) is 24.0 Å². The lowest BCUT2D eigenvalue weighted by Crippen LogP contribution is -2.53. The minimum atomic E-state index is -1.47. The third-order valence-corrected chi connectivity index (χ3v) is 4.93. The van der Waals surface area contributed by atoms with E-state index in [2.05, 4.69) is 0 Å². The van der Waals surface area contributed by atoms with Crippen LogP contribution in [-0.4, -0.2) is 25.0 Å². The van der Waals surface area contributed by atoms with Crippen LogP contribution in [-0.2, 0) is 41.8 Å². The Morgan fingerprint density at radius 2 is 1.25 bits per heavy atom. The van der Waals surface area contributed by atoms with Gasteiger partial charge in [0.1, 0.15) is 13.2 Å². The first-order chi connectivity index (χ1) is 13.5. The van der Waals surface area contributed by atoms with E-state index in [4.69, 9.17) is 14.2 Å². The Bertz CT molecular complexity index is 767. The van der Waals surface area contributed by atoms with E-state index in [9.17, 15) is 14.4 Å². The highest BCUT2D eigenvalue weighted by molar-refractivity contribution is 6.02. The zero-order valence-corrected chi connectivity index (χ0v) is 15.6. The summed E-state index contributed by atoms with van der Waals surface area (Å²) in [7, 11) is 1.28. The number of methoxy groups -OCH3 is 1. The summed E-state index contributed by atoms with van der Waals surface area (Å²) in [4.78, 5) is 37.3. The molecule has 2 aromatic rings. The molecule has 0 atom stereocenters. The Labute approximate surface area is 163 Å². The van der Waals surface area contributed by atoms with Crippen molar-refractivity contribution in [2.45, 2.75) is 26.1 Å². The standard InChI is InChI=1S/C22H22O6/c1-26-19(23)18-12-22(13-18,20(24)27-14-16-8-4-2-5-9-16)21(25)28-15-17-10-6-3-7-11-17/h2-11,18H,12-15H2,1H3. The quantitative estimate of drug-likeness (QED) is 0.416. The van der Waals surface area contributed by atoms with Crippen LogP contribution in [0.3, 0.4) is 0 Å². The van der Waals surface area contributed by atoms with Crippen LogP contribution in [0.25, 0.3) is 0 Å². The average Bonchev–Trinajstić information content (AvgIpc) is 2.71. The number of esters is 3. The van der Waals surface area contributed by atoms with Gasteiger partial charge < -0.3 is 14.2 Å². The predicted octanol–water partition coefficient (Wildman–Crippen LogP) is 3.04. The Morgan fingerprint density at radius 1 is 0.821 bits per heavy atom. The zero-order chi connectivity index (χ0) is 20.0. The first-order valence-corrected chi connectivity index (χ1v) is 9.05. The van der Waals surface area contributed by atoms with Gasteiger partial charge in [-0.25, -0.2) is 0 Å². The maximum absolute atomic E-state index is 12.8. The highest BCUT2D eigenvalue weighted by Crippen LogP contribution is 2.48. The fourth-order valence-corrected chi connectivity index (χ4v) is 3.25. The molecule has 146 valence electrons. The van der Waals surface area contributed by atoms with Crippen molar-refractivity contribution in [3.63, 3.8) is 0 Å². The molecule has 3 rings (SSSR count). The highest BCUT2D eigenvalue weighted by atomic mass is 16.6. The summed E-state index contributed by atoms with van der Waals surface area (Å²) in [5.41, 5.74) is 0.155. The molecule has 0 aliphatic heterocycles. The summed E-state index contributed by atoms with van der Waals surface area (Å²) >= 11 is 0. The molecule has 0 amide bonds. The first kappa shape index (κ1) is 19.6. The van der Waals surface area contributed by atoms with E-state index < -0.39 is 29.2 Å². The first-order valence-electron chi connectivity index (χ1n) is 9.05. The predicted molar refractivity (Wildman–Crippen MR) is 99.6 cm³/mol. The Hall–Kier alpha value is -3.15. The number of rotatable bonds is 7. The number of hydrogen-bond donors (Lipinski definition) is 0. The largest absolute Gasteiger partial charge is 0.469 e. The van der Waals surface area contributed by atoms with Gasteiger partial charge in [-0.3, -0.25) is 14.4 Å². The van der Waals surface area contributed by atoms with Crippen molar-refractivity contribution < 1.29 is 28.6 Å². The van der Waals surface area contributed by atoms with Gasteiger partial charge in [-0.2, -0.15) is 0 Å². The lowest BCUT2D eigenvalue weighted by atomic mass is 9.61. The van der Waals surface area contributed by atoms with Crippen molar-refractivity contribution in [1.29, 1.82) is 0 Å². The molecule has 1 aliphatic rings. The highest BCUT2D eigenvalue weighted by Gasteiger charge is 2.60. The molecule has 1 aliphatic carbocycles. The van der Waals surface area contributed by atoms with Crippen LogP contribution in [0.15, 0.2) is 60.7 Å². The average molecular weight is 382 g/mol. The van der Waals surface area contributed by atoms with Crippen molar-refractivity contribution in [3.05, 3.63) is 71.8 Å². The third-order valence-electron chi connectivity index (χ3n) is 4.93. The number of ether oxygens (including phenoxy) is 3. The molecule has 0 aromatic heterocycles. The Balaban J connectivity index is 1.67. The van der Waals surface area contributed by atoms with E-state index >= 15 is 0 Å². The lowest BCUT2D eigenvalue weighted by molar-refractivity contribution is -0.188. The van der Waals surface area contributed by atoms with Crippen molar-refractivity contribution in [2.75, 3.05) is 7.11 Å². The van der Waals surface area contributed by atoms with E-state index in [0.717, 1.165) is 11.1 Å². The molecule has 6 heteroatoms. The SMILES string of the molecule is COC(=O)C1CC(C(=O)OCc2ccccc2)(C(=O)OCc2ccccc2)C1. The molecule has 1 saturated carbocycles. The van der Waals surface area contributed by atoms with Crippen LogP contribution in [0.2, 0.25) is 0 Å². The van der Waals surface area contributed by atoms with E-state index in [1.54, 1.807) is 0 Å². The summed E-state index contributed by atoms with van der Waals surface area (Å²) < 4.78 is 15.5. The van der Waals surface area contributed by atoms with E-state index in [1.165, 1.54) is 7.11 Å². The van der Waals surface area contributed by atoms with Gasteiger partial charge in [0.05, 0.1) is 13.0 Å². The zero-order valence-electron chi connectivity index (χ0n) is 15.6. The van der Waals surface area contributed by atoms with Gasteiger partial charge in [-0.15, -0.1) is 0 Å². The fraction of sp³-hybridized carbons (Fsp3) is 0.318. The van der Waals surface area contributed by atoms with Crippen molar-refractivity contribution in [2.24, 2.45) is 11.3 Å². The molecule has 0 radical (unpaired) electrons. The molecule has 0 heterocycles. The van der Waals surface area contributed by atoms with Gasteiger partial charge >= 0.3 is 17.9 Å². The maximum Gasteiger partial charge on any atom is 0.323 e. The molecule has 2 aromatic carbocycles. The molecule has 0 spiro atoms. The molecule has 28 heavy (non-hydrogen) atoms. The van der Waals surface area contributed by atoms with Gasteiger partial charge in [-0.1, -0.05) is 60.7 Å². The van der Waals surface area contributed by atoms with Gasteiger partial charge in [0.15, 0.2) is 5.41 Å².